The molecule has 1 aromatic carbocycles. The minimum absolute atomic E-state index is 0.0638. The average molecular weight is 339 g/mol. The van der Waals surface area contributed by atoms with E-state index in [1.165, 1.54) is 0 Å². The number of nitrogens with zero attached hydrogens (tertiary/aromatic N) is 1. The Hall–Kier alpha value is -1.55. The monoisotopic (exact) mass is 338 g/mol. The highest BCUT2D eigenvalue weighted by molar-refractivity contribution is 6.30. The summed E-state index contributed by atoms with van der Waals surface area (Å²) in [5.41, 5.74) is 4.71. The van der Waals surface area contributed by atoms with Crippen molar-refractivity contribution in [3.05, 3.63) is 28.8 Å². The molecule has 0 saturated carbocycles. The number of hydrogen-bond donors (Lipinski definition) is 1. The number of aryl methyl sites for hydroxylation is 1. The van der Waals surface area contributed by atoms with Crippen LogP contribution in [0.25, 0.3) is 0 Å². The number of hydrogen-bond acceptors (Lipinski definition) is 3. The van der Waals surface area contributed by atoms with E-state index in [0.717, 1.165) is 42.7 Å². The molecule has 128 valence electrons. The fourth-order valence-corrected chi connectivity index (χ4v) is 2.43. The van der Waals surface area contributed by atoms with E-state index in [9.17, 15) is 4.79 Å². The van der Waals surface area contributed by atoms with Gasteiger partial charge >= 0.3 is 0 Å². The molecular weight excluding hydrogens is 312 g/mol. The fraction of sp³-hybridized carbons (Fsp3) is 0.556. The number of nitrogens with one attached hydrogen (secondary N) is 1. The first-order chi connectivity index (χ1) is 11.1. The maximum Gasteiger partial charge on any atom is 0.240 e. The smallest absolute Gasteiger partial charge is 0.240 e. The molecule has 1 amide bonds. The standard InChI is InChI=1S/C18H27ClN2O2/c1-4-7-16(8-5-2)20-21-18(22)9-6-12-23-17-11-10-15(19)13-14(17)3/h10-11,13H,4-9,12H2,1-3H3,(H,21,22). The van der Waals surface area contributed by atoms with E-state index in [4.69, 9.17) is 16.3 Å². The molecule has 0 aliphatic rings. The van der Waals surface area contributed by atoms with Crippen LogP contribution in [0, 0.1) is 6.92 Å². The third-order valence-corrected chi connectivity index (χ3v) is 3.59. The molecule has 23 heavy (non-hydrogen) atoms. The van der Waals surface area contributed by atoms with Gasteiger partial charge in [0.25, 0.3) is 0 Å². The topological polar surface area (TPSA) is 50.7 Å². The van der Waals surface area contributed by atoms with Gasteiger partial charge in [-0.25, -0.2) is 5.43 Å². The summed E-state index contributed by atoms with van der Waals surface area (Å²) in [5.74, 6) is 0.743. The second-order valence-electron chi connectivity index (χ2n) is 5.57. The highest BCUT2D eigenvalue weighted by atomic mass is 35.5. The predicted octanol–water partition coefficient (Wildman–Crippen LogP) is 4.88. The maximum atomic E-state index is 11.8. The van der Waals surface area contributed by atoms with Gasteiger partial charge in [-0.1, -0.05) is 38.3 Å². The number of ether oxygens (including phenoxy) is 1. The summed E-state index contributed by atoms with van der Waals surface area (Å²) >= 11 is 5.90. The maximum absolute atomic E-state index is 11.8. The lowest BCUT2D eigenvalue weighted by atomic mass is 10.1. The van der Waals surface area contributed by atoms with E-state index in [0.29, 0.717) is 24.5 Å². The quantitative estimate of drug-likeness (QED) is 0.375. The van der Waals surface area contributed by atoms with Crippen molar-refractivity contribution in [1.82, 2.24) is 5.43 Å². The third-order valence-electron chi connectivity index (χ3n) is 3.36. The Morgan fingerprint density at radius 2 is 1.91 bits per heavy atom. The first kappa shape index (κ1) is 19.5. The number of halogens is 1. The summed E-state index contributed by atoms with van der Waals surface area (Å²) in [6, 6.07) is 5.51. The molecule has 0 fully saturated rings. The normalized spacial score (nSPS) is 10.3. The van der Waals surface area contributed by atoms with Gasteiger partial charge in [0.15, 0.2) is 0 Å². The van der Waals surface area contributed by atoms with Crippen LogP contribution in [-0.2, 0) is 4.79 Å². The van der Waals surface area contributed by atoms with Crippen LogP contribution >= 0.6 is 11.6 Å². The number of carbonyl (C=O) groups excluding carboxylic acids is 1. The van der Waals surface area contributed by atoms with Gasteiger partial charge < -0.3 is 4.74 Å². The first-order valence-corrected chi connectivity index (χ1v) is 8.67. The van der Waals surface area contributed by atoms with Crippen LogP contribution in [0.1, 0.15) is 57.9 Å². The number of amides is 1. The second kappa shape index (κ2) is 11.1. The first-order valence-electron chi connectivity index (χ1n) is 8.30. The van der Waals surface area contributed by atoms with Crippen LogP contribution in [0.15, 0.2) is 23.3 Å². The van der Waals surface area contributed by atoms with Gasteiger partial charge in [0.2, 0.25) is 5.91 Å². The number of carbonyl (C=O) groups is 1. The zero-order valence-corrected chi connectivity index (χ0v) is 15.1. The highest BCUT2D eigenvalue weighted by Crippen LogP contribution is 2.21. The molecule has 0 saturated heterocycles. The molecule has 0 aromatic heterocycles. The van der Waals surface area contributed by atoms with Gasteiger partial charge in [0.1, 0.15) is 5.75 Å². The van der Waals surface area contributed by atoms with Crippen molar-refractivity contribution in [2.24, 2.45) is 5.10 Å². The molecule has 0 heterocycles. The van der Waals surface area contributed by atoms with Crippen molar-refractivity contribution < 1.29 is 9.53 Å². The molecule has 0 aliphatic heterocycles. The predicted molar refractivity (Wildman–Crippen MR) is 96.3 cm³/mol. The zero-order chi connectivity index (χ0) is 17.1. The summed E-state index contributed by atoms with van der Waals surface area (Å²) in [4.78, 5) is 11.8. The van der Waals surface area contributed by atoms with Crippen molar-refractivity contribution in [2.45, 2.75) is 59.3 Å². The Morgan fingerprint density at radius 1 is 1.22 bits per heavy atom. The van der Waals surface area contributed by atoms with Crippen LogP contribution in [-0.4, -0.2) is 18.2 Å². The summed E-state index contributed by atoms with van der Waals surface area (Å²) in [6.07, 6.45) is 5.02. The number of hydrazone groups is 1. The van der Waals surface area contributed by atoms with Gasteiger partial charge in [-0.15, -0.1) is 0 Å². The van der Waals surface area contributed by atoms with Gasteiger partial charge in [-0.2, -0.15) is 5.10 Å². The lowest BCUT2D eigenvalue weighted by Crippen LogP contribution is -2.20. The van der Waals surface area contributed by atoms with E-state index in [2.05, 4.69) is 24.4 Å². The van der Waals surface area contributed by atoms with E-state index < -0.39 is 0 Å². The lowest BCUT2D eigenvalue weighted by Gasteiger charge is -2.09. The molecule has 0 aliphatic carbocycles. The minimum Gasteiger partial charge on any atom is -0.493 e. The molecule has 1 aromatic rings. The van der Waals surface area contributed by atoms with E-state index in [1.807, 2.05) is 19.1 Å². The average Bonchev–Trinajstić information content (AvgIpc) is 2.51. The van der Waals surface area contributed by atoms with E-state index >= 15 is 0 Å². The summed E-state index contributed by atoms with van der Waals surface area (Å²) in [6.45, 7) is 6.67. The van der Waals surface area contributed by atoms with Crippen molar-refractivity contribution in [3.8, 4) is 5.75 Å². The Balaban J connectivity index is 2.29. The lowest BCUT2D eigenvalue weighted by molar-refractivity contribution is -0.121. The Labute approximate surface area is 144 Å². The SMILES string of the molecule is CCCC(CCC)=NNC(=O)CCCOc1ccc(Cl)cc1C. The van der Waals surface area contributed by atoms with Crippen LogP contribution < -0.4 is 10.2 Å². The zero-order valence-electron chi connectivity index (χ0n) is 14.3. The van der Waals surface area contributed by atoms with Crippen molar-refractivity contribution >= 4 is 23.2 Å². The van der Waals surface area contributed by atoms with Crippen LogP contribution in [0.5, 0.6) is 5.75 Å². The molecule has 4 nitrogen and oxygen atoms in total. The fourth-order valence-electron chi connectivity index (χ4n) is 2.20. The highest BCUT2D eigenvalue weighted by Gasteiger charge is 2.04. The van der Waals surface area contributed by atoms with Gasteiger partial charge in [0, 0.05) is 17.2 Å². The molecular formula is C18H27ClN2O2. The van der Waals surface area contributed by atoms with Crippen LogP contribution in [0.4, 0.5) is 0 Å². The molecule has 5 heteroatoms. The third kappa shape index (κ3) is 8.03. The summed E-state index contributed by atoms with van der Waals surface area (Å²) < 4.78 is 5.67. The van der Waals surface area contributed by atoms with Crippen molar-refractivity contribution in [3.63, 3.8) is 0 Å². The molecule has 0 unspecified atom stereocenters. The van der Waals surface area contributed by atoms with E-state index in [1.54, 1.807) is 6.07 Å². The van der Waals surface area contributed by atoms with E-state index in [-0.39, 0.29) is 5.91 Å². The van der Waals surface area contributed by atoms with Gasteiger partial charge in [-0.3, -0.25) is 4.79 Å². The van der Waals surface area contributed by atoms with Crippen molar-refractivity contribution in [2.75, 3.05) is 6.61 Å². The largest absolute Gasteiger partial charge is 0.493 e. The molecule has 1 rings (SSSR count). The second-order valence-corrected chi connectivity index (χ2v) is 6.01. The molecule has 0 atom stereocenters. The van der Waals surface area contributed by atoms with Crippen molar-refractivity contribution in [1.29, 1.82) is 0 Å². The molecule has 0 bridgehead atoms. The molecule has 0 radical (unpaired) electrons. The Bertz CT molecular complexity index is 522. The summed E-state index contributed by atoms with van der Waals surface area (Å²) in [5, 5.41) is 4.92. The number of rotatable bonds is 10. The Morgan fingerprint density at radius 3 is 2.52 bits per heavy atom. The van der Waals surface area contributed by atoms with Gasteiger partial charge in [0.05, 0.1) is 6.61 Å². The minimum atomic E-state index is -0.0638. The van der Waals surface area contributed by atoms with Crippen LogP contribution in [0.3, 0.4) is 0 Å². The van der Waals surface area contributed by atoms with Gasteiger partial charge in [-0.05, 0) is 49.9 Å². The Kier molecular flexibility index (Phi) is 9.37. The number of benzene rings is 1. The van der Waals surface area contributed by atoms with Crippen LogP contribution in [0.2, 0.25) is 5.02 Å². The molecule has 0 spiro atoms. The summed E-state index contributed by atoms with van der Waals surface area (Å²) in [7, 11) is 0. The molecule has 1 N–H and O–H groups in total.